The lowest BCUT2D eigenvalue weighted by molar-refractivity contribution is -0.115. The Morgan fingerprint density at radius 2 is 1.89 bits per heavy atom. The molecule has 1 aromatic heterocycles. The molecule has 7 heteroatoms. The molecule has 6 nitrogen and oxygen atoms in total. The van der Waals surface area contributed by atoms with E-state index in [9.17, 15) is 9.18 Å². The number of carbonyl (C=O) groups excluding carboxylic acids is 1. The van der Waals surface area contributed by atoms with Crippen molar-refractivity contribution in [1.82, 2.24) is 4.98 Å². The van der Waals surface area contributed by atoms with Crippen LogP contribution in [0.25, 0.3) is 11.5 Å². The second-order valence-electron chi connectivity index (χ2n) is 5.80. The highest BCUT2D eigenvalue weighted by Crippen LogP contribution is 2.30. The van der Waals surface area contributed by atoms with Crippen LogP contribution in [0.5, 0.6) is 11.5 Å². The Labute approximate surface area is 155 Å². The molecule has 3 rings (SSSR count). The van der Waals surface area contributed by atoms with E-state index in [1.54, 1.807) is 43.3 Å². The van der Waals surface area contributed by atoms with Crippen LogP contribution in [-0.2, 0) is 11.2 Å². The van der Waals surface area contributed by atoms with Crippen LogP contribution in [0.4, 0.5) is 10.1 Å². The molecule has 0 aliphatic rings. The van der Waals surface area contributed by atoms with Crippen LogP contribution in [0, 0.1) is 12.7 Å². The maximum absolute atomic E-state index is 13.9. The lowest BCUT2D eigenvalue weighted by Gasteiger charge is -2.10. The summed E-state index contributed by atoms with van der Waals surface area (Å²) in [5.74, 6) is 0.987. The van der Waals surface area contributed by atoms with Crippen LogP contribution in [0.15, 0.2) is 46.9 Å². The number of carbonyl (C=O) groups is 1. The number of nitrogens with one attached hydrogen (secondary N) is 1. The summed E-state index contributed by atoms with van der Waals surface area (Å²) in [5, 5.41) is 2.77. The Bertz CT molecular complexity index is 968. The minimum atomic E-state index is -0.430. The highest BCUT2D eigenvalue weighted by atomic mass is 19.1. The Kier molecular flexibility index (Phi) is 5.40. The normalized spacial score (nSPS) is 10.5. The molecule has 0 unspecified atom stereocenters. The van der Waals surface area contributed by atoms with Gasteiger partial charge in [-0.15, -0.1) is 0 Å². The molecule has 0 spiro atoms. The number of nitrogens with zero attached hydrogens (tertiary/aromatic N) is 1. The molecule has 3 aromatic rings. The Balaban J connectivity index is 1.74. The van der Waals surface area contributed by atoms with Gasteiger partial charge in [-0.05, 0) is 31.2 Å². The monoisotopic (exact) mass is 370 g/mol. The first-order chi connectivity index (χ1) is 13.0. The summed E-state index contributed by atoms with van der Waals surface area (Å²) in [7, 11) is 3.06. The number of anilines is 1. The molecule has 1 N–H and O–H groups in total. The number of benzene rings is 2. The van der Waals surface area contributed by atoms with Gasteiger partial charge in [-0.1, -0.05) is 12.1 Å². The second-order valence-corrected chi connectivity index (χ2v) is 5.80. The van der Waals surface area contributed by atoms with Crippen molar-refractivity contribution in [2.75, 3.05) is 19.5 Å². The standard InChI is InChI=1S/C20H19FN2O4/c1-12-16(23-20(27-12)14-6-4-5-7-15(14)21)11-19(24)22-13-8-9-17(25-2)18(10-13)26-3/h4-10H,11H2,1-3H3,(H,22,24). The first-order valence-electron chi connectivity index (χ1n) is 8.25. The van der Waals surface area contributed by atoms with E-state index in [0.29, 0.717) is 28.6 Å². The average molecular weight is 370 g/mol. The van der Waals surface area contributed by atoms with Gasteiger partial charge >= 0.3 is 0 Å². The number of oxazole rings is 1. The number of halogens is 1. The zero-order valence-electron chi connectivity index (χ0n) is 15.2. The molecular formula is C20H19FN2O4. The maximum atomic E-state index is 13.9. The zero-order chi connectivity index (χ0) is 19.4. The quantitative estimate of drug-likeness (QED) is 0.710. The average Bonchev–Trinajstić information content (AvgIpc) is 3.02. The van der Waals surface area contributed by atoms with Gasteiger partial charge in [0.1, 0.15) is 11.6 Å². The molecule has 140 valence electrons. The van der Waals surface area contributed by atoms with E-state index >= 15 is 0 Å². The number of amides is 1. The fraction of sp³-hybridized carbons (Fsp3) is 0.200. The number of ether oxygens (including phenoxy) is 2. The maximum Gasteiger partial charge on any atom is 0.230 e. The third-order valence-corrected chi connectivity index (χ3v) is 3.99. The number of aryl methyl sites for hydroxylation is 1. The summed E-state index contributed by atoms with van der Waals surface area (Å²) in [6.07, 6.45) is -0.00185. The van der Waals surface area contributed by atoms with E-state index in [1.807, 2.05) is 0 Å². The van der Waals surface area contributed by atoms with E-state index in [2.05, 4.69) is 10.3 Å². The zero-order valence-corrected chi connectivity index (χ0v) is 15.2. The number of aromatic nitrogens is 1. The largest absolute Gasteiger partial charge is 0.493 e. The Morgan fingerprint density at radius 3 is 2.59 bits per heavy atom. The third-order valence-electron chi connectivity index (χ3n) is 3.99. The van der Waals surface area contributed by atoms with Gasteiger partial charge in [-0.2, -0.15) is 0 Å². The van der Waals surface area contributed by atoms with Gasteiger partial charge in [0.05, 0.1) is 31.9 Å². The van der Waals surface area contributed by atoms with Crippen molar-refractivity contribution < 1.29 is 23.1 Å². The van der Waals surface area contributed by atoms with Gasteiger partial charge in [0.2, 0.25) is 11.8 Å². The smallest absolute Gasteiger partial charge is 0.230 e. The molecule has 0 atom stereocenters. The Morgan fingerprint density at radius 1 is 1.15 bits per heavy atom. The van der Waals surface area contributed by atoms with Crippen molar-refractivity contribution in [3.8, 4) is 23.0 Å². The van der Waals surface area contributed by atoms with Crippen LogP contribution in [0.3, 0.4) is 0 Å². The van der Waals surface area contributed by atoms with Crippen LogP contribution >= 0.6 is 0 Å². The summed E-state index contributed by atoms with van der Waals surface area (Å²) >= 11 is 0. The fourth-order valence-corrected chi connectivity index (χ4v) is 2.61. The van der Waals surface area contributed by atoms with Gasteiger partial charge in [-0.25, -0.2) is 9.37 Å². The van der Waals surface area contributed by atoms with Crippen molar-refractivity contribution in [1.29, 1.82) is 0 Å². The van der Waals surface area contributed by atoms with Gasteiger partial charge in [0.15, 0.2) is 11.5 Å². The molecule has 27 heavy (non-hydrogen) atoms. The molecule has 0 fully saturated rings. The number of rotatable bonds is 6. The van der Waals surface area contributed by atoms with Gasteiger partial charge in [-0.3, -0.25) is 4.79 Å². The SMILES string of the molecule is COc1ccc(NC(=O)Cc2nc(-c3ccccc3F)oc2C)cc1OC. The molecule has 0 bridgehead atoms. The first-order valence-corrected chi connectivity index (χ1v) is 8.25. The highest BCUT2D eigenvalue weighted by Gasteiger charge is 2.17. The van der Waals surface area contributed by atoms with E-state index in [4.69, 9.17) is 13.9 Å². The fourth-order valence-electron chi connectivity index (χ4n) is 2.61. The molecule has 2 aromatic carbocycles. The molecule has 1 amide bonds. The minimum Gasteiger partial charge on any atom is -0.493 e. The number of hydrogen-bond acceptors (Lipinski definition) is 5. The minimum absolute atomic E-state index is 0.00185. The van der Waals surface area contributed by atoms with E-state index in [0.717, 1.165) is 0 Å². The van der Waals surface area contributed by atoms with Crippen molar-refractivity contribution >= 4 is 11.6 Å². The predicted octanol–water partition coefficient (Wildman–Crippen LogP) is 3.99. The predicted molar refractivity (Wildman–Crippen MR) is 98.5 cm³/mol. The second kappa shape index (κ2) is 7.90. The molecule has 0 radical (unpaired) electrons. The van der Waals surface area contributed by atoms with Crippen LogP contribution in [0.1, 0.15) is 11.5 Å². The molecule has 0 saturated carbocycles. The molecule has 1 heterocycles. The van der Waals surface area contributed by atoms with Crippen molar-refractivity contribution in [3.05, 3.63) is 59.7 Å². The molecule has 0 aliphatic carbocycles. The molecule has 0 aliphatic heterocycles. The highest BCUT2D eigenvalue weighted by molar-refractivity contribution is 5.92. The van der Waals surface area contributed by atoms with Crippen LogP contribution in [0.2, 0.25) is 0 Å². The van der Waals surface area contributed by atoms with Crippen molar-refractivity contribution in [2.45, 2.75) is 13.3 Å². The van der Waals surface area contributed by atoms with Crippen LogP contribution < -0.4 is 14.8 Å². The van der Waals surface area contributed by atoms with E-state index in [-0.39, 0.29) is 23.8 Å². The summed E-state index contributed by atoms with van der Waals surface area (Å²) in [4.78, 5) is 16.6. The van der Waals surface area contributed by atoms with E-state index in [1.165, 1.54) is 20.3 Å². The molecule has 0 saturated heterocycles. The summed E-state index contributed by atoms with van der Waals surface area (Å²) < 4.78 is 29.8. The summed E-state index contributed by atoms with van der Waals surface area (Å²) in [6.45, 7) is 1.69. The summed E-state index contributed by atoms with van der Waals surface area (Å²) in [5.41, 5.74) is 1.27. The van der Waals surface area contributed by atoms with Crippen LogP contribution in [-0.4, -0.2) is 25.1 Å². The van der Waals surface area contributed by atoms with E-state index < -0.39 is 5.82 Å². The van der Waals surface area contributed by atoms with Crippen molar-refractivity contribution in [3.63, 3.8) is 0 Å². The van der Waals surface area contributed by atoms with Crippen molar-refractivity contribution in [2.24, 2.45) is 0 Å². The van der Waals surface area contributed by atoms with Gasteiger partial charge in [0, 0.05) is 11.8 Å². The van der Waals surface area contributed by atoms with Gasteiger partial charge in [0.25, 0.3) is 0 Å². The number of hydrogen-bond donors (Lipinski definition) is 1. The topological polar surface area (TPSA) is 73.6 Å². The lowest BCUT2D eigenvalue weighted by Crippen LogP contribution is -2.15. The lowest BCUT2D eigenvalue weighted by atomic mass is 10.2. The number of methoxy groups -OCH3 is 2. The third kappa shape index (κ3) is 4.08. The van der Waals surface area contributed by atoms with Gasteiger partial charge < -0.3 is 19.2 Å². The summed E-state index contributed by atoms with van der Waals surface area (Å²) in [6, 6.07) is 11.3. The molecular weight excluding hydrogens is 351 g/mol. The Hall–Kier alpha value is -3.35. The first kappa shape index (κ1) is 18.4.